The third-order valence-electron chi connectivity index (χ3n) is 2.78. The molecule has 7 nitrogen and oxygen atoms in total. The van der Waals surface area contributed by atoms with Crippen molar-refractivity contribution in [1.82, 2.24) is 19.9 Å². The average molecular weight is 304 g/mol. The lowest BCUT2D eigenvalue weighted by Crippen LogP contribution is -2.12. The van der Waals surface area contributed by atoms with Gasteiger partial charge in [-0.3, -0.25) is 9.36 Å². The molecule has 1 amide bonds. The number of rotatable bonds is 3. The normalized spacial score (nSPS) is 10.6. The summed E-state index contributed by atoms with van der Waals surface area (Å²) < 4.78 is 6.57. The largest absolute Gasteiger partial charge is 0.360 e. The summed E-state index contributed by atoms with van der Waals surface area (Å²) in [5.41, 5.74) is 1.10. The van der Waals surface area contributed by atoms with Crippen LogP contribution < -0.4 is 5.32 Å². The number of nitrogens with one attached hydrogen (secondary N) is 1. The summed E-state index contributed by atoms with van der Waals surface area (Å²) in [6, 6.07) is 6.66. The molecular weight excluding hydrogens is 294 g/mol. The Hall–Kier alpha value is -2.67. The van der Waals surface area contributed by atoms with Gasteiger partial charge in [-0.1, -0.05) is 16.8 Å². The van der Waals surface area contributed by atoms with Gasteiger partial charge in [-0.2, -0.15) is 0 Å². The zero-order chi connectivity index (χ0) is 14.8. The third-order valence-corrected chi connectivity index (χ3v) is 3.10. The van der Waals surface area contributed by atoms with E-state index >= 15 is 0 Å². The van der Waals surface area contributed by atoms with Crippen molar-refractivity contribution in [1.29, 1.82) is 0 Å². The zero-order valence-corrected chi connectivity index (χ0v) is 11.7. The van der Waals surface area contributed by atoms with Gasteiger partial charge in [-0.15, -0.1) is 10.2 Å². The molecular formula is C13H10ClN5O2. The summed E-state index contributed by atoms with van der Waals surface area (Å²) >= 11 is 6.15. The van der Waals surface area contributed by atoms with Crippen molar-refractivity contribution in [3.05, 3.63) is 53.3 Å². The van der Waals surface area contributed by atoms with Crippen molar-refractivity contribution in [2.75, 3.05) is 5.32 Å². The zero-order valence-electron chi connectivity index (χ0n) is 10.9. The van der Waals surface area contributed by atoms with Gasteiger partial charge in [0, 0.05) is 11.8 Å². The number of benzene rings is 1. The van der Waals surface area contributed by atoms with Crippen LogP contribution in [-0.2, 0) is 0 Å². The summed E-state index contributed by atoms with van der Waals surface area (Å²) in [5.74, 6) is 0.597. The first-order valence-electron chi connectivity index (χ1n) is 6.03. The maximum atomic E-state index is 12.1. The maximum Gasteiger partial charge on any atom is 0.258 e. The molecule has 21 heavy (non-hydrogen) atoms. The number of nitrogens with zero attached hydrogens (tertiary/aromatic N) is 4. The van der Waals surface area contributed by atoms with Crippen molar-refractivity contribution < 1.29 is 9.32 Å². The highest BCUT2D eigenvalue weighted by Crippen LogP contribution is 2.21. The first-order chi connectivity index (χ1) is 10.1. The molecule has 0 saturated carbocycles. The van der Waals surface area contributed by atoms with Crippen LogP contribution in [0.15, 0.2) is 41.4 Å². The lowest BCUT2D eigenvalue weighted by atomic mass is 10.2. The van der Waals surface area contributed by atoms with Gasteiger partial charge in [0.25, 0.3) is 5.91 Å². The predicted octanol–water partition coefficient (Wildman–Crippen LogP) is 2.47. The van der Waals surface area contributed by atoms with Crippen molar-refractivity contribution in [2.24, 2.45) is 0 Å². The fourth-order valence-corrected chi connectivity index (χ4v) is 2.05. The molecule has 0 aliphatic heterocycles. The number of aryl methyl sites for hydroxylation is 1. The minimum Gasteiger partial charge on any atom is -0.360 e. The molecule has 1 N–H and O–H groups in total. The second-order valence-corrected chi connectivity index (χ2v) is 4.72. The molecule has 0 unspecified atom stereocenters. The Labute approximate surface area is 124 Å². The van der Waals surface area contributed by atoms with Gasteiger partial charge in [0.1, 0.15) is 18.4 Å². The van der Waals surface area contributed by atoms with E-state index in [0.717, 1.165) is 5.69 Å². The topological polar surface area (TPSA) is 85.8 Å². The van der Waals surface area contributed by atoms with Crippen LogP contribution in [0.4, 0.5) is 5.82 Å². The summed E-state index contributed by atoms with van der Waals surface area (Å²) in [5, 5.41) is 14.1. The van der Waals surface area contributed by atoms with Crippen molar-refractivity contribution in [3.63, 3.8) is 0 Å². The van der Waals surface area contributed by atoms with E-state index < -0.39 is 0 Å². The van der Waals surface area contributed by atoms with Crippen LogP contribution in [0.2, 0.25) is 5.02 Å². The predicted molar refractivity (Wildman–Crippen MR) is 75.6 cm³/mol. The number of anilines is 1. The molecule has 3 rings (SSSR count). The van der Waals surface area contributed by atoms with Gasteiger partial charge in [-0.25, -0.2) is 0 Å². The molecule has 0 fully saturated rings. The van der Waals surface area contributed by atoms with Crippen molar-refractivity contribution in [3.8, 4) is 5.69 Å². The van der Waals surface area contributed by atoms with Gasteiger partial charge < -0.3 is 9.84 Å². The van der Waals surface area contributed by atoms with E-state index in [2.05, 4.69) is 20.7 Å². The van der Waals surface area contributed by atoms with Gasteiger partial charge in [0.15, 0.2) is 5.82 Å². The SMILES string of the molecule is Cc1cc(NC(=O)c2ccc(-n3cnnc3)cc2Cl)no1. The van der Waals surface area contributed by atoms with Gasteiger partial charge in [0.05, 0.1) is 10.6 Å². The third kappa shape index (κ3) is 2.77. The van der Waals surface area contributed by atoms with E-state index in [1.807, 2.05) is 0 Å². The highest BCUT2D eigenvalue weighted by molar-refractivity contribution is 6.34. The van der Waals surface area contributed by atoms with Crippen LogP contribution in [0.1, 0.15) is 16.1 Å². The van der Waals surface area contributed by atoms with Gasteiger partial charge >= 0.3 is 0 Å². The van der Waals surface area contributed by atoms with E-state index in [1.54, 1.807) is 48.4 Å². The number of hydrogen-bond acceptors (Lipinski definition) is 5. The van der Waals surface area contributed by atoms with Crippen molar-refractivity contribution >= 4 is 23.3 Å². The average Bonchev–Trinajstić information content (AvgIpc) is 3.10. The number of hydrogen-bond donors (Lipinski definition) is 1. The van der Waals surface area contributed by atoms with Crippen LogP contribution in [0.5, 0.6) is 0 Å². The summed E-state index contributed by atoms with van der Waals surface area (Å²) in [6.45, 7) is 1.74. The first-order valence-corrected chi connectivity index (χ1v) is 6.40. The Balaban J connectivity index is 1.84. The van der Waals surface area contributed by atoms with Gasteiger partial charge in [-0.05, 0) is 25.1 Å². The maximum absolute atomic E-state index is 12.1. The molecule has 0 aliphatic rings. The van der Waals surface area contributed by atoms with E-state index in [1.165, 1.54) is 0 Å². The van der Waals surface area contributed by atoms with Crippen LogP contribution >= 0.6 is 11.6 Å². The molecule has 3 aromatic rings. The number of carbonyl (C=O) groups is 1. The molecule has 1 aromatic carbocycles. The highest BCUT2D eigenvalue weighted by atomic mass is 35.5. The Morgan fingerprint density at radius 3 is 2.67 bits per heavy atom. The smallest absolute Gasteiger partial charge is 0.258 e. The molecule has 8 heteroatoms. The Morgan fingerprint density at radius 1 is 1.29 bits per heavy atom. The first kappa shape index (κ1) is 13.3. The second-order valence-electron chi connectivity index (χ2n) is 4.31. The Morgan fingerprint density at radius 2 is 2.05 bits per heavy atom. The lowest BCUT2D eigenvalue weighted by molar-refractivity contribution is 0.102. The summed E-state index contributed by atoms with van der Waals surface area (Å²) in [4.78, 5) is 12.1. The number of amides is 1. The van der Waals surface area contributed by atoms with Crippen LogP contribution in [-0.4, -0.2) is 25.8 Å². The number of halogens is 1. The standard InChI is InChI=1S/C13H10ClN5O2/c1-8-4-12(18-21-8)17-13(20)10-3-2-9(5-11(10)14)19-6-15-16-7-19/h2-7H,1H3,(H,17,18,20). The second kappa shape index (κ2) is 5.37. The Kier molecular flexibility index (Phi) is 3.41. The molecule has 0 aliphatic carbocycles. The summed E-state index contributed by atoms with van der Waals surface area (Å²) in [6.07, 6.45) is 3.09. The minimum atomic E-state index is -0.358. The van der Waals surface area contributed by atoms with Gasteiger partial charge in [0.2, 0.25) is 0 Å². The molecule has 0 spiro atoms. The molecule has 0 saturated heterocycles. The molecule has 2 heterocycles. The van der Waals surface area contributed by atoms with E-state index in [-0.39, 0.29) is 5.91 Å². The van der Waals surface area contributed by atoms with Crippen LogP contribution in [0.25, 0.3) is 5.69 Å². The van der Waals surface area contributed by atoms with E-state index in [9.17, 15) is 4.79 Å². The number of aromatic nitrogens is 4. The highest BCUT2D eigenvalue weighted by Gasteiger charge is 2.13. The van der Waals surface area contributed by atoms with E-state index in [0.29, 0.717) is 22.2 Å². The molecule has 106 valence electrons. The number of carbonyl (C=O) groups excluding carboxylic acids is 1. The lowest BCUT2D eigenvalue weighted by Gasteiger charge is -2.06. The quantitative estimate of drug-likeness (QED) is 0.803. The summed E-state index contributed by atoms with van der Waals surface area (Å²) in [7, 11) is 0. The molecule has 2 aromatic heterocycles. The fourth-order valence-electron chi connectivity index (χ4n) is 1.79. The Bertz CT molecular complexity index is 782. The fraction of sp³-hybridized carbons (Fsp3) is 0.0769. The van der Waals surface area contributed by atoms with Crippen LogP contribution in [0, 0.1) is 6.92 Å². The van der Waals surface area contributed by atoms with Crippen molar-refractivity contribution in [2.45, 2.75) is 6.92 Å². The monoisotopic (exact) mass is 303 g/mol. The minimum absolute atomic E-state index is 0.318. The van der Waals surface area contributed by atoms with E-state index in [4.69, 9.17) is 16.1 Å². The molecule has 0 radical (unpaired) electrons. The van der Waals surface area contributed by atoms with Crippen LogP contribution in [0.3, 0.4) is 0 Å². The molecule has 0 bridgehead atoms. The molecule has 0 atom stereocenters.